The lowest BCUT2D eigenvalue weighted by Crippen LogP contribution is -2.41. The zero-order valence-corrected chi connectivity index (χ0v) is 15.2. The van der Waals surface area contributed by atoms with Crippen LogP contribution in [0.3, 0.4) is 0 Å². The molecule has 130 valence electrons. The highest BCUT2D eigenvalue weighted by molar-refractivity contribution is 6.35. The molecule has 0 aliphatic carbocycles. The topological polar surface area (TPSA) is 51.1 Å². The molecule has 1 heterocycles. The molecule has 1 aliphatic rings. The highest BCUT2D eigenvalue weighted by atomic mass is 35.5. The summed E-state index contributed by atoms with van der Waals surface area (Å²) in [6.07, 6.45) is 0. The molecule has 0 bridgehead atoms. The van der Waals surface area contributed by atoms with Crippen LogP contribution in [0, 0.1) is 0 Å². The fourth-order valence-electron chi connectivity index (χ4n) is 2.59. The van der Waals surface area contributed by atoms with Crippen LogP contribution < -0.4 is 4.74 Å². The molecule has 0 saturated heterocycles. The normalized spacial score (nSPS) is 19.4. The Morgan fingerprint density at radius 2 is 1.96 bits per heavy atom. The Morgan fingerprint density at radius 1 is 1.24 bits per heavy atom. The Hall–Kier alpha value is -2.24. The molecule has 0 N–H and O–H groups in total. The molecular weight excluding hydrogens is 363 g/mol. The summed E-state index contributed by atoms with van der Waals surface area (Å²) < 4.78 is 11.6. The fraction of sp³-hybridized carbons (Fsp3) is 0.222. The summed E-state index contributed by atoms with van der Waals surface area (Å²) in [6.45, 7) is 3.26. The molecule has 2 aromatic carbocycles. The Bertz CT molecular complexity index is 826. The minimum absolute atomic E-state index is 0.0353. The maximum Gasteiger partial charge on any atom is 0.247 e. The predicted octanol–water partition coefficient (Wildman–Crippen LogP) is 4.44. The molecule has 25 heavy (non-hydrogen) atoms. The zero-order chi connectivity index (χ0) is 18.0. The van der Waals surface area contributed by atoms with Gasteiger partial charge in [0.15, 0.2) is 6.61 Å². The summed E-state index contributed by atoms with van der Waals surface area (Å²) in [5.74, 6) is 0.513. The first kappa shape index (κ1) is 17.6. The molecule has 5 nitrogen and oxygen atoms in total. The Morgan fingerprint density at radius 3 is 2.60 bits per heavy atom. The van der Waals surface area contributed by atoms with Crippen molar-refractivity contribution >= 4 is 35.0 Å². The van der Waals surface area contributed by atoms with Gasteiger partial charge in [-0.2, -0.15) is 5.01 Å². The minimum Gasteiger partial charge on any atom is -0.482 e. The van der Waals surface area contributed by atoms with Crippen molar-refractivity contribution in [3.05, 3.63) is 64.1 Å². The lowest BCUT2D eigenvalue weighted by atomic mass is 10.0. The molecule has 0 saturated carbocycles. The number of hydrogen-bond donors (Lipinski definition) is 0. The number of hydrazone groups is 1. The maximum absolute atomic E-state index is 12.0. The summed E-state index contributed by atoms with van der Waals surface area (Å²) >= 11 is 12.0. The number of nitrogens with zero attached hydrogens (tertiary/aromatic N) is 2. The van der Waals surface area contributed by atoms with Crippen LogP contribution in [0.4, 0.5) is 0 Å². The van der Waals surface area contributed by atoms with Gasteiger partial charge < -0.3 is 9.47 Å². The molecule has 7 heteroatoms. The Labute approximate surface area is 155 Å². The van der Waals surface area contributed by atoms with E-state index in [4.69, 9.17) is 32.7 Å². The van der Waals surface area contributed by atoms with Gasteiger partial charge in [-0.25, -0.2) is 0 Å². The molecule has 0 radical (unpaired) electrons. The van der Waals surface area contributed by atoms with Crippen molar-refractivity contribution in [2.45, 2.75) is 19.6 Å². The molecule has 2 aromatic rings. The highest BCUT2D eigenvalue weighted by Gasteiger charge is 2.44. The van der Waals surface area contributed by atoms with Crippen LogP contribution in [0.25, 0.3) is 0 Å². The van der Waals surface area contributed by atoms with E-state index in [1.165, 1.54) is 11.9 Å². The molecule has 0 fully saturated rings. The van der Waals surface area contributed by atoms with Crippen molar-refractivity contribution in [2.75, 3.05) is 6.61 Å². The first-order valence-corrected chi connectivity index (χ1v) is 8.36. The summed E-state index contributed by atoms with van der Waals surface area (Å²) in [5.41, 5.74) is -0.205. The van der Waals surface area contributed by atoms with Gasteiger partial charge in [-0.1, -0.05) is 53.5 Å². The highest BCUT2D eigenvalue weighted by Crippen LogP contribution is 2.35. The van der Waals surface area contributed by atoms with Gasteiger partial charge in [-0.3, -0.25) is 4.79 Å². The van der Waals surface area contributed by atoms with Gasteiger partial charge in [-0.15, -0.1) is 5.10 Å². The zero-order valence-electron chi connectivity index (χ0n) is 13.7. The molecule has 0 aromatic heterocycles. The molecule has 1 aliphatic heterocycles. The molecule has 3 rings (SSSR count). The monoisotopic (exact) mass is 378 g/mol. The van der Waals surface area contributed by atoms with Crippen LogP contribution >= 0.6 is 23.2 Å². The van der Waals surface area contributed by atoms with E-state index < -0.39 is 5.72 Å². The van der Waals surface area contributed by atoms with E-state index in [1.807, 2.05) is 30.3 Å². The number of benzene rings is 2. The summed E-state index contributed by atoms with van der Waals surface area (Å²) in [4.78, 5) is 12.0. The molecule has 0 spiro atoms. The number of carbonyl (C=O) groups excluding carboxylic acids is 1. The van der Waals surface area contributed by atoms with E-state index in [0.717, 1.165) is 5.56 Å². The van der Waals surface area contributed by atoms with Gasteiger partial charge in [0.2, 0.25) is 17.5 Å². The van der Waals surface area contributed by atoms with Crippen LogP contribution in [-0.2, 0) is 15.3 Å². The van der Waals surface area contributed by atoms with Crippen LogP contribution in [0.2, 0.25) is 10.0 Å². The second-order valence-electron chi connectivity index (χ2n) is 5.64. The molecule has 1 unspecified atom stereocenters. The number of ether oxygens (including phenoxy) is 2. The Balaban J connectivity index is 1.79. The van der Waals surface area contributed by atoms with Crippen LogP contribution in [0.1, 0.15) is 19.4 Å². The summed E-state index contributed by atoms with van der Waals surface area (Å²) in [5, 5.41) is 6.48. The second kappa shape index (κ2) is 6.94. The van der Waals surface area contributed by atoms with Crippen molar-refractivity contribution < 1.29 is 14.3 Å². The van der Waals surface area contributed by atoms with E-state index >= 15 is 0 Å². The van der Waals surface area contributed by atoms with Crippen molar-refractivity contribution in [1.82, 2.24) is 5.01 Å². The van der Waals surface area contributed by atoms with Gasteiger partial charge >= 0.3 is 0 Å². The van der Waals surface area contributed by atoms with E-state index in [-0.39, 0.29) is 18.4 Å². The van der Waals surface area contributed by atoms with Gasteiger partial charge in [-0.05, 0) is 18.2 Å². The van der Waals surface area contributed by atoms with Gasteiger partial charge in [0.1, 0.15) is 5.75 Å². The minimum atomic E-state index is -1.02. The third-order valence-corrected chi connectivity index (χ3v) is 4.32. The fourth-order valence-corrected chi connectivity index (χ4v) is 3.05. The lowest BCUT2D eigenvalue weighted by Gasteiger charge is -2.30. The summed E-state index contributed by atoms with van der Waals surface area (Å²) in [6, 6.07) is 14.3. The van der Waals surface area contributed by atoms with Crippen molar-refractivity contribution in [3.8, 4) is 5.75 Å². The largest absolute Gasteiger partial charge is 0.482 e. The Kier molecular flexibility index (Phi) is 4.88. The number of amides is 1. The smallest absolute Gasteiger partial charge is 0.247 e. The first-order chi connectivity index (χ1) is 11.9. The standard InChI is InChI=1S/C18H16Cl2N2O3/c1-12(23)22-18(2,13-6-4-3-5-7-13)25-17(21-22)11-24-16-9-8-14(19)10-15(16)20/h3-10H,11H2,1-2H3. The van der Waals surface area contributed by atoms with Crippen LogP contribution in [0.15, 0.2) is 53.6 Å². The quantitative estimate of drug-likeness (QED) is 0.789. The van der Waals surface area contributed by atoms with E-state index in [1.54, 1.807) is 25.1 Å². The lowest BCUT2D eigenvalue weighted by molar-refractivity contribution is -0.146. The van der Waals surface area contributed by atoms with Crippen LogP contribution in [0.5, 0.6) is 5.75 Å². The third-order valence-electron chi connectivity index (χ3n) is 3.79. The van der Waals surface area contributed by atoms with Crippen LogP contribution in [-0.4, -0.2) is 23.4 Å². The van der Waals surface area contributed by atoms with Gasteiger partial charge in [0.25, 0.3) is 0 Å². The molecular formula is C18H16Cl2N2O3. The van der Waals surface area contributed by atoms with E-state index in [9.17, 15) is 4.79 Å². The van der Waals surface area contributed by atoms with Crippen molar-refractivity contribution in [2.24, 2.45) is 5.10 Å². The third kappa shape index (κ3) is 3.57. The first-order valence-electron chi connectivity index (χ1n) is 7.61. The predicted molar refractivity (Wildman–Crippen MR) is 96.8 cm³/mol. The van der Waals surface area contributed by atoms with Gasteiger partial charge in [0.05, 0.1) is 5.02 Å². The average molecular weight is 379 g/mol. The van der Waals surface area contributed by atoms with Crippen molar-refractivity contribution in [3.63, 3.8) is 0 Å². The molecule has 1 amide bonds. The summed E-state index contributed by atoms with van der Waals surface area (Å²) in [7, 11) is 0. The second-order valence-corrected chi connectivity index (χ2v) is 6.48. The number of hydrogen-bond acceptors (Lipinski definition) is 4. The van der Waals surface area contributed by atoms with E-state index in [0.29, 0.717) is 15.8 Å². The SMILES string of the molecule is CC(=O)N1N=C(COc2ccc(Cl)cc2Cl)OC1(C)c1ccccc1. The van der Waals surface area contributed by atoms with E-state index in [2.05, 4.69) is 5.10 Å². The average Bonchev–Trinajstić information content (AvgIpc) is 2.93. The number of carbonyl (C=O) groups is 1. The maximum atomic E-state index is 12.0. The van der Waals surface area contributed by atoms with Gasteiger partial charge in [0, 0.05) is 24.4 Å². The van der Waals surface area contributed by atoms with Crippen molar-refractivity contribution in [1.29, 1.82) is 0 Å². The molecule has 1 atom stereocenters. The number of halogens is 2. The number of rotatable bonds is 4.